The predicted molar refractivity (Wildman–Crippen MR) is 71.0 cm³/mol. The van der Waals surface area contributed by atoms with E-state index < -0.39 is 0 Å². The van der Waals surface area contributed by atoms with Gasteiger partial charge in [0.25, 0.3) is 0 Å². The van der Waals surface area contributed by atoms with Crippen molar-refractivity contribution in [3.8, 4) is 5.75 Å². The summed E-state index contributed by atoms with van der Waals surface area (Å²) in [4.78, 5) is 4.52. The van der Waals surface area contributed by atoms with E-state index in [1.54, 1.807) is 19.2 Å². The standard InChI is InChI=1S/C15H13FN2O/c1-19-14-6-7-15-17-13(9-18(15)10-14)8-11-2-4-12(16)5-3-11/h2-7,9-10H,8H2,1H3. The molecular weight excluding hydrogens is 243 g/mol. The molecule has 0 saturated heterocycles. The first-order chi connectivity index (χ1) is 9.24. The van der Waals surface area contributed by atoms with Crippen LogP contribution in [0.25, 0.3) is 5.65 Å². The van der Waals surface area contributed by atoms with E-state index in [9.17, 15) is 4.39 Å². The number of imidazole rings is 1. The Hall–Kier alpha value is -2.36. The third kappa shape index (κ3) is 2.42. The summed E-state index contributed by atoms with van der Waals surface area (Å²) < 4.78 is 19.9. The lowest BCUT2D eigenvalue weighted by atomic mass is 10.1. The Morgan fingerprint density at radius 3 is 2.63 bits per heavy atom. The van der Waals surface area contributed by atoms with Gasteiger partial charge in [0, 0.05) is 12.6 Å². The van der Waals surface area contributed by atoms with Gasteiger partial charge < -0.3 is 9.14 Å². The van der Waals surface area contributed by atoms with Crippen LogP contribution < -0.4 is 4.74 Å². The second-order valence-electron chi connectivity index (χ2n) is 4.37. The molecule has 2 heterocycles. The summed E-state index contributed by atoms with van der Waals surface area (Å²) in [7, 11) is 1.64. The van der Waals surface area contributed by atoms with Crippen molar-refractivity contribution in [3.63, 3.8) is 0 Å². The summed E-state index contributed by atoms with van der Waals surface area (Å²) in [5.74, 6) is 0.571. The molecule has 0 N–H and O–H groups in total. The van der Waals surface area contributed by atoms with Gasteiger partial charge in [-0.3, -0.25) is 0 Å². The molecule has 0 spiro atoms. The first-order valence-electron chi connectivity index (χ1n) is 6.01. The molecule has 19 heavy (non-hydrogen) atoms. The quantitative estimate of drug-likeness (QED) is 0.720. The lowest BCUT2D eigenvalue weighted by Gasteiger charge is -1.98. The van der Waals surface area contributed by atoms with Gasteiger partial charge in [0.1, 0.15) is 17.2 Å². The van der Waals surface area contributed by atoms with Crippen molar-refractivity contribution in [3.05, 3.63) is 65.9 Å². The highest BCUT2D eigenvalue weighted by Crippen LogP contribution is 2.15. The first kappa shape index (κ1) is 11.7. The van der Waals surface area contributed by atoms with E-state index in [2.05, 4.69) is 4.98 Å². The number of fused-ring (bicyclic) bond motifs is 1. The average Bonchev–Trinajstić information content (AvgIpc) is 2.82. The molecule has 2 aromatic heterocycles. The molecule has 96 valence electrons. The molecule has 0 fully saturated rings. The van der Waals surface area contributed by atoms with Crippen molar-refractivity contribution in [1.82, 2.24) is 9.38 Å². The Labute approximate surface area is 110 Å². The fourth-order valence-corrected chi connectivity index (χ4v) is 2.04. The molecule has 3 nitrogen and oxygen atoms in total. The zero-order valence-electron chi connectivity index (χ0n) is 10.5. The van der Waals surface area contributed by atoms with Crippen molar-refractivity contribution in [1.29, 1.82) is 0 Å². The number of pyridine rings is 1. The van der Waals surface area contributed by atoms with Gasteiger partial charge in [-0.25, -0.2) is 9.37 Å². The van der Waals surface area contributed by atoms with Crippen molar-refractivity contribution in [2.75, 3.05) is 7.11 Å². The van der Waals surface area contributed by atoms with Crippen LogP contribution in [0.3, 0.4) is 0 Å². The minimum Gasteiger partial charge on any atom is -0.495 e. The summed E-state index contributed by atoms with van der Waals surface area (Å²) in [5.41, 5.74) is 2.86. The molecule has 3 aromatic rings. The molecule has 0 aliphatic rings. The highest BCUT2D eigenvalue weighted by atomic mass is 19.1. The van der Waals surface area contributed by atoms with Gasteiger partial charge in [-0.15, -0.1) is 0 Å². The molecule has 4 heteroatoms. The number of ether oxygens (including phenoxy) is 1. The molecule has 3 rings (SSSR count). The fourth-order valence-electron chi connectivity index (χ4n) is 2.04. The van der Waals surface area contributed by atoms with E-state index in [4.69, 9.17) is 4.74 Å². The van der Waals surface area contributed by atoms with E-state index in [-0.39, 0.29) is 5.82 Å². The van der Waals surface area contributed by atoms with Crippen LogP contribution in [0.1, 0.15) is 11.3 Å². The number of nitrogens with zero attached hydrogens (tertiary/aromatic N) is 2. The van der Waals surface area contributed by atoms with E-state index in [0.717, 1.165) is 22.7 Å². The smallest absolute Gasteiger partial charge is 0.137 e. The zero-order valence-corrected chi connectivity index (χ0v) is 10.5. The summed E-state index contributed by atoms with van der Waals surface area (Å²) in [5, 5.41) is 0. The van der Waals surface area contributed by atoms with Crippen LogP contribution in [0, 0.1) is 5.82 Å². The van der Waals surface area contributed by atoms with Crippen LogP contribution >= 0.6 is 0 Å². The summed E-state index contributed by atoms with van der Waals surface area (Å²) in [6, 6.07) is 10.3. The predicted octanol–water partition coefficient (Wildman–Crippen LogP) is 3.07. The lowest BCUT2D eigenvalue weighted by molar-refractivity contribution is 0.412. The Balaban J connectivity index is 1.90. The molecule has 0 aliphatic heterocycles. The number of aromatic nitrogens is 2. The van der Waals surface area contributed by atoms with Crippen LogP contribution in [0.15, 0.2) is 48.8 Å². The third-order valence-corrected chi connectivity index (χ3v) is 3.01. The Bertz CT molecular complexity index is 704. The minimum atomic E-state index is -0.219. The number of hydrogen-bond acceptors (Lipinski definition) is 2. The van der Waals surface area contributed by atoms with E-state index in [0.29, 0.717) is 6.42 Å². The third-order valence-electron chi connectivity index (χ3n) is 3.01. The maximum atomic E-state index is 12.8. The Morgan fingerprint density at radius 2 is 1.89 bits per heavy atom. The van der Waals surface area contributed by atoms with Gasteiger partial charge >= 0.3 is 0 Å². The summed E-state index contributed by atoms with van der Waals surface area (Å²) in [6.45, 7) is 0. The molecular formula is C15H13FN2O. The number of hydrogen-bond donors (Lipinski definition) is 0. The molecule has 0 saturated carbocycles. The Kier molecular flexibility index (Phi) is 2.91. The Morgan fingerprint density at radius 1 is 1.11 bits per heavy atom. The van der Waals surface area contributed by atoms with Gasteiger partial charge in [0.2, 0.25) is 0 Å². The SMILES string of the molecule is COc1ccc2nc(Cc3ccc(F)cc3)cn2c1. The molecule has 0 radical (unpaired) electrons. The van der Waals surface area contributed by atoms with E-state index in [1.807, 2.05) is 28.9 Å². The molecule has 0 aliphatic carbocycles. The van der Waals surface area contributed by atoms with Gasteiger partial charge in [-0.1, -0.05) is 12.1 Å². The summed E-state index contributed by atoms with van der Waals surface area (Å²) in [6.07, 6.45) is 4.53. The topological polar surface area (TPSA) is 26.5 Å². The van der Waals surface area contributed by atoms with E-state index in [1.165, 1.54) is 12.1 Å². The maximum absolute atomic E-state index is 12.8. The zero-order chi connectivity index (χ0) is 13.2. The fraction of sp³-hybridized carbons (Fsp3) is 0.133. The molecule has 0 bridgehead atoms. The second kappa shape index (κ2) is 4.72. The first-order valence-corrected chi connectivity index (χ1v) is 6.01. The number of methoxy groups -OCH3 is 1. The van der Waals surface area contributed by atoms with Crippen molar-refractivity contribution in [2.45, 2.75) is 6.42 Å². The highest BCUT2D eigenvalue weighted by Gasteiger charge is 2.04. The lowest BCUT2D eigenvalue weighted by Crippen LogP contribution is -1.88. The maximum Gasteiger partial charge on any atom is 0.137 e. The van der Waals surface area contributed by atoms with Crippen LogP contribution in [-0.4, -0.2) is 16.5 Å². The number of halogens is 1. The van der Waals surface area contributed by atoms with Gasteiger partial charge in [-0.2, -0.15) is 0 Å². The van der Waals surface area contributed by atoms with Crippen LogP contribution in [0.4, 0.5) is 4.39 Å². The largest absolute Gasteiger partial charge is 0.495 e. The molecule has 0 amide bonds. The summed E-state index contributed by atoms with van der Waals surface area (Å²) >= 11 is 0. The average molecular weight is 256 g/mol. The van der Waals surface area contributed by atoms with Crippen LogP contribution in [0.5, 0.6) is 5.75 Å². The monoisotopic (exact) mass is 256 g/mol. The second-order valence-corrected chi connectivity index (χ2v) is 4.37. The minimum absolute atomic E-state index is 0.219. The normalized spacial score (nSPS) is 10.8. The van der Waals surface area contributed by atoms with Crippen molar-refractivity contribution >= 4 is 5.65 Å². The number of rotatable bonds is 3. The van der Waals surface area contributed by atoms with Gasteiger partial charge in [0.05, 0.1) is 19.0 Å². The van der Waals surface area contributed by atoms with Crippen LogP contribution in [0.2, 0.25) is 0 Å². The van der Waals surface area contributed by atoms with Crippen LogP contribution in [-0.2, 0) is 6.42 Å². The van der Waals surface area contributed by atoms with Gasteiger partial charge in [0.15, 0.2) is 0 Å². The molecule has 1 aromatic carbocycles. The van der Waals surface area contributed by atoms with Gasteiger partial charge in [-0.05, 0) is 29.8 Å². The van der Waals surface area contributed by atoms with Crippen molar-refractivity contribution < 1.29 is 9.13 Å². The highest BCUT2D eigenvalue weighted by molar-refractivity contribution is 5.43. The number of benzene rings is 1. The molecule has 0 atom stereocenters. The van der Waals surface area contributed by atoms with E-state index >= 15 is 0 Å². The molecule has 0 unspecified atom stereocenters. The van der Waals surface area contributed by atoms with Crippen molar-refractivity contribution in [2.24, 2.45) is 0 Å².